The summed E-state index contributed by atoms with van der Waals surface area (Å²) in [7, 11) is 0. The molecule has 1 heterocycles. The predicted octanol–water partition coefficient (Wildman–Crippen LogP) is 3.67. The van der Waals surface area contributed by atoms with E-state index in [4.69, 9.17) is 4.74 Å². The third kappa shape index (κ3) is 2.46. The Morgan fingerprint density at radius 1 is 1.31 bits per heavy atom. The molecule has 1 atom stereocenters. The van der Waals surface area contributed by atoms with E-state index in [2.05, 4.69) is 32.0 Å². The van der Waals surface area contributed by atoms with Crippen molar-refractivity contribution in [1.29, 1.82) is 0 Å². The van der Waals surface area contributed by atoms with Crippen LogP contribution in [0.15, 0.2) is 18.2 Å². The van der Waals surface area contributed by atoms with Crippen molar-refractivity contribution in [3.8, 4) is 0 Å². The van der Waals surface area contributed by atoms with Gasteiger partial charge in [-0.3, -0.25) is 0 Å². The van der Waals surface area contributed by atoms with E-state index in [0.717, 1.165) is 19.1 Å². The third-order valence-electron chi connectivity index (χ3n) is 3.63. The molecule has 0 spiro atoms. The fraction of sp³-hybridized carbons (Fsp3) is 0.600. The number of benzene rings is 1. The van der Waals surface area contributed by atoms with Gasteiger partial charge in [-0.2, -0.15) is 0 Å². The Bertz CT molecular complexity index is 416. The van der Waals surface area contributed by atoms with Crippen LogP contribution in [0.1, 0.15) is 38.7 Å². The van der Waals surface area contributed by atoms with Gasteiger partial charge < -0.3 is 4.74 Å². The highest BCUT2D eigenvalue weighted by atomic mass is 16.5. The van der Waals surface area contributed by atoms with Crippen molar-refractivity contribution in [3.63, 3.8) is 0 Å². The van der Waals surface area contributed by atoms with E-state index < -0.39 is 0 Å². The van der Waals surface area contributed by atoms with Crippen LogP contribution >= 0.6 is 0 Å². The molecule has 1 nitrogen and oxygen atoms in total. The third-order valence-corrected chi connectivity index (χ3v) is 3.63. The summed E-state index contributed by atoms with van der Waals surface area (Å²) in [6, 6.07) is 6.61. The van der Waals surface area contributed by atoms with Gasteiger partial charge in [0.1, 0.15) is 0 Å². The zero-order chi connectivity index (χ0) is 11.4. The van der Waals surface area contributed by atoms with Crippen LogP contribution < -0.4 is 0 Å². The Morgan fingerprint density at radius 2 is 2.19 bits per heavy atom. The van der Waals surface area contributed by atoms with Gasteiger partial charge in [-0.1, -0.05) is 38.5 Å². The monoisotopic (exact) mass is 218 g/mol. The van der Waals surface area contributed by atoms with E-state index >= 15 is 0 Å². The Balaban J connectivity index is 0.000000120. The zero-order valence-electron chi connectivity index (χ0n) is 10.5. The van der Waals surface area contributed by atoms with E-state index in [1.54, 1.807) is 0 Å². The van der Waals surface area contributed by atoms with Crippen molar-refractivity contribution in [1.82, 2.24) is 0 Å². The van der Waals surface area contributed by atoms with E-state index in [0.29, 0.717) is 0 Å². The topological polar surface area (TPSA) is 9.23 Å². The highest BCUT2D eigenvalue weighted by Crippen LogP contribution is 2.16. The molecule has 3 rings (SSSR count). The quantitative estimate of drug-likeness (QED) is 0.747. The van der Waals surface area contributed by atoms with E-state index in [9.17, 15) is 0 Å². The molecular formula is C15H22O. The number of rotatable bonds is 2. The van der Waals surface area contributed by atoms with Crippen LogP contribution in [0, 0.1) is 16.4 Å². The summed E-state index contributed by atoms with van der Waals surface area (Å²) >= 11 is 0. The Hall–Kier alpha value is -0.820. The van der Waals surface area contributed by atoms with Gasteiger partial charge in [0.05, 0.1) is 0 Å². The summed E-state index contributed by atoms with van der Waals surface area (Å²) in [4.78, 5) is 0. The van der Waals surface area contributed by atoms with Crippen molar-refractivity contribution >= 4 is 0 Å². The van der Waals surface area contributed by atoms with Crippen LogP contribution in [0.4, 0.5) is 0 Å². The molecule has 16 heavy (non-hydrogen) atoms. The number of hydrogen-bond acceptors (Lipinski definition) is 1. The lowest BCUT2D eigenvalue weighted by atomic mass is 9.98. The molecule has 0 amide bonds. The van der Waals surface area contributed by atoms with Crippen LogP contribution in [-0.4, -0.2) is 13.2 Å². The molecule has 0 aromatic carbocycles. The maximum absolute atomic E-state index is 5.27. The molecule has 0 aromatic rings. The number of aryl methyl sites for hydroxylation is 1. The molecule has 3 aliphatic rings. The second kappa shape index (κ2) is 5.49. The van der Waals surface area contributed by atoms with Gasteiger partial charge in [0.2, 0.25) is 0 Å². The lowest BCUT2D eigenvalue weighted by Gasteiger charge is -2.19. The first kappa shape index (κ1) is 11.7. The van der Waals surface area contributed by atoms with Gasteiger partial charge in [0.25, 0.3) is 0 Å². The minimum Gasteiger partial charge on any atom is -0.381 e. The second-order valence-electron chi connectivity index (χ2n) is 4.72. The Labute approximate surface area is 98.1 Å². The first-order chi connectivity index (χ1) is 7.85. The molecule has 0 radical (unpaired) electrons. The molecule has 0 N–H and O–H groups in total. The summed E-state index contributed by atoms with van der Waals surface area (Å²) in [5, 5.41) is 2.97. The molecule has 1 heteroatoms. The molecule has 1 saturated heterocycles. The minimum absolute atomic E-state index is 0.865. The van der Waals surface area contributed by atoms with Crippen molar-refractivity contribution < 1.29 is 4.74 Å². The van der Waals surface area contributed by atoms with Crippen LogP contribution in [0.2, 0.25) is 0 Å². The van der Waals surface area contributed by atoms with Gasteiger partial charge in [-0.05, 0) is 41.2 Å². The van der Waals surface area contributed by atoms with Crippen LogP contribution in [0.25, 0.3) is 0 Å². The lowest BCUT2D eigenvalue weighted by molar-refractivity contribution is 0.0535. The lowest BCUT2D eigenvalue weighted by Crippen LogP contribution is -2.15. The van der Waals surface area contributed by atoms with Crippen molar-refractivity contribution in [2.45, 2.75) is 39.5 Å². The zero-order valence-corrected chi connectivity index (χ0v) is 10.5. The summed E-state index contributed by atoms with van der Waals surface area (Å²) in [5.41, 5.74) is 1.53. The van der Waals surface area contributed by atoms with Crippen LogP contribution in [0.3, 0.4) is 0 Å². The fourth-order valence-electron chi connectivity index (χ4n) is 2.29. The van der Waals surface area contributed by atoms with Gasteiger partial charge >= 0.3 is 0 Å². The summed E-state index contributed by atoms with van der Waals surface area (Å²) < 4.78 is 5.27. The molecule has 88 valence electrons. The predicted molar refractivity (Wildman–Crippen MR) is 67.3 cm³/mol. The normalized spacial score (nSPS) is 21.0. The van der Waals surface area contributed by atoms with Crippen molar-refractivity contribution in [2.75, 3.05) is 13.2 Å². The molecule has 0 bridgehead atoms. The standard InChI is InChI=1S/C8H8.C7H14O/c1-2-6-5-7-3-4-8(6)7;1-2-7-4-3-5-8-6-7/h3-5H,2H2,1H3;7H,2-6H2,1H3. The summed E-state index contributed by atoms with van der Waals surface area (Å²) in [5.74, 6) is 0.865. The number of hydrogen-bond donors (Lipinski definition) is 0. The van der Waals surface area contributed by atoms with Gasteiger partial charge in [-0.25, -0.2) is 0 Å². The van der Waals surface area contributed by atoms with Crippen LogP contribution in [-0.2, 0) is 11.2 Å². The van der Waals surface area contributed by atoms with Crippen molar-refractivity contribution in [3.05, 3.63) is 34.2 Å². The molecule has 0 aromatic heterocycles. The highest BCUT2D eigenvalue weighted by Gasteiger charge is 2.10. The molecule has 0 saturated carbocycles. The van der Waals surface area contributed by atoms with Crippen LogP contribution in [0.5, 0.6) is 0 Å². The average Bonchev–Trinajstić information content (AvgIpc) is 2.34. The van der Waals surface area contributed by atoms with Gasteiger partial charge in [-0.15, -0.1) is 0 Å². The largest absolute Gasteiger partial charge is 0.381 e. The van der Waals surface area contributed by atoms with Crippen molar-refractivity contribution in [2.24, 2.45) is 5.92 Å². The van der Waals surface area contributed by atoms with E-state index in [1.165, 1.54) is 41.7 Å². The maximum Gasteiger partial charge on any atom is 0.0494 e. The Morgan fingerprint density at radius 3 is 2.44 bits per heavy atom. The van der Waals surface area contributed by atoms with Gasteiger partial charge in [0, 0.05) is 13.2 Å². The first-order valence-electron chi connectivity index (χ1n) is 6.56. The fourth-order valence-corrected chi connectivity index (χ4v) is 2.29. The van der Waals surface area contributed by atoms with E-state index in [-0.39, 0.29) is 0 Å². The first-order valence-corrected chi connectivity index (χ1v) is 6.56. The molecule has 1 fully saturated rings. The SMILES string of the molecule is CCC1CCCOC1.CCc1cc2ccc1=2. The maximum atomic E-state index is 5.27. The minimum atomic E-state index is 0.865. The number of ether oxygens (including phenoxy) is 1. The average molecular weight is 218 g/mol. The second-order valence-corrected chi connectivity index (χ2v) is 4.72. The van der Waals surface area contributed by atoms with E-state index in [1.807, 2.05) is 0 Å². The summed E-state index contributed by atoms with van der Waals surface area (Å²) in [6.07, 6.45) is 5.15. The highest BCUT2D eigenvalue weighted by molar-refractivity contribution is 5.33. The molecule has 1 unspecified atom stereocenters. The Kier molecular flexibility index (Phi) is 4.00. The van der Waals surface area contributed by atoms with Gasteiger partial charge in [0.15, 0.2) is 0 Å². The summed E-state index contributed by atoms with van der Waals surface area (Å²) in [6.45, 7) is 6.44. The smallest absolute Gasteiger partial charge is 0.0494 e. The molecule has 2 aliphatic carbocycles. The molecule has 1 aliphatic heterocycles. The molecular weight excluding hydrogens is 196 g/mol.